The predicted octanol–water partition coefficient (Wildman–Crippen LogP) is 3.26. The van der Waals surface area contributed by atoms with Gasteiger partial charge in [0.1, 0.15) is 5.75 Å². The molecule has 0 unspecified atom stereocenters. The van der Waals surface area contributed by atoms with Gasteiger partial charge in [-0.05, 0) is 42.6 Å². The van der Waals surface area contributed by atoms with Crippen LogP contribution in [0.1, 0.15) is 15.9 Å². The zero-order valence-corrected chi connectivity index (χ0v) is 15.2. The Bertz CT molecular complexity index is 1240. The van der Waals surface area contributed by atoms with E-state index in [0.717, 1.165) is 6.07 Å². The molecule has 0 saturated heterocycles. The number of phenols is 1. The van der Waals surface area contributed by atoms with Gasteiger partial charge in [0.15, 0.2) is 0 Å². The van der Waals surface area contributed by atoms with E-state index in [1.54, 1.807) is 0 Å². The maximum absolute atomic E-state index is 12.6. The summed E-state index contributed by atoms with van der Waals surface area (Å²) in [5, 5.41) is 24.3. The number of hydrogen-bond acceptors (Lipinski definition) is 6. The molecule has 3 aromatic rings. The van der Waals surface area contributed by atoms with Crippen LogP contribution in [0.25, 0.3) is 10.8 Å². The molecule has 0 radical (unpaired) electrons. The smallest absolute Gasteiger partial charge is 0.294 e. The van der Waals surface area contributed by atoms with E-state index in [-0.39, 0.29) is 33.6 Å². The van der Waals surface area contributed by atoms with Crippen LogP contribution in [0, 0.1) is 17.0 Å². The third kappa shape index (κ3) is 3.63. The number of rotatable bonds is 4. The fourth-order valence-corrected chi connectivity index (χ4v) is 3.27. The lowest BCUT2D eigenvalue weighted by atomic mass is 10.1. The summed E-state index contributed by atoms with van der Waals surface area (Å²) < 4.78 is 32.0. The lowest BCUT2D eigenvalue weighted by Gasteiger charge is -2.12. The molecule has 0 fully saturated rings. The van der Waals surface area contributed by atoms with Crippen LogP contribution in [-0.2, 0) is 10.1 Å². The van der Waals surface area contributed by atoms with E-state index in [0.29, 0.717) is 5.39 Å². The summed E-state index contributed by atoms with van der Waals surface area (Å²) in [6.07, 6.45) is 0. The largest absolute Gasteiger partial charge is 0.506 e. The molecule has 1 amide bonds. The highest BCUT2D eigenvalue weighted by atomic mass is 32.2. The van der Waals surface area contributed by atoms with Gasteiger partial charge in [0, 0.05) is 22.6 Å². The number of carbonyl (C=O) groups excluding carboxylic acids is 1. The molecule has 3 rings (SSSR count). The average molecular weight is 402 g/mol. The summed E-state index contributed by atoms with van der Waals surface area (Å²) in [7, 11) is -4.48. The molecule has 0 atom stereocenters. The first-order valence-electron chi connectivity index (χ1n) is 7.87. The standard InChI is InChI=1S/C18H14N2O7S/c1-10-8-12(3-6-15(10)20(23)24)18(22)19-17-14-9-13(28(25,26)27)5-2-11(14)4-7-16(17)21/h2-9,21H,1H3,(H,19,22)(H,25,26,27). The van der Waals surface area contributed by atoms with E-state index in [1.165, 1.54) is 49.4 Å². The topological polar surface area (TPSA) is 147 Å². The molecule has 3 N–H and O–H groups in total. The number of phenolic OH excluding ortho intramolecular Hbond substituents is 1. The van der Waals surface area contributed by atoms with Crippen LogP contribution in [0.15, 0.2) is 53.4 Å². The fourth-order valence-electron chi connectivity index (χ4n) is 2.77. The predicted molar refractivity (Wildman–Crippen MR) is 101 cm³/mol. The van der Waals surface area contributed by atoms with Crippen LogP contribution in [0.3, 0.4) is 0 Å². The second-order valence-electron chi connectivity index (χ2n) is 6.03. The SMILES string of the molecule is Cc1cc(C(=O)Nc2c(O)ccc3ccc(S(=O)(=O)O)cc23)ccc1[N+](=O)[O-]. The summed E-state index contributed by atoms with van der Waals surface area (Å²) in [6.45, 7) is 1.49. The summed E-state index contributed by atoms with van der Waals surface area (Å²) in [5.41, 5.74) is 0.213. The molecule has 0 heterocycles. The van der Waals surface area contributed by atoms with E-state index in [1.807, 2.05) is 0 Å². The summed E-state index contributed by atoms with van der Waals surface area (Å²) in [6, 6.07) is 10.4. The number of amides is 1. The van der Waals surface area contributed by atoms with Crippen LogP contribution in [-0.4, -0.2) is 28.9 Å². The lowest BCUT2D eigenvalue weighted by molar-refractivity contribution is -0.385. The van der Waals surface area contributed by atoms with Crippen molar-refractivity contribution in [1.82, 2.24) is 0 Å². The van der Waals surface area contributed by atoms with Gasteiger partial charge in [-0.3, -0.25) is 19.5 Å². The number of hydrogen-bond donors (Lipinski definition) is 3. The van der Waals surface area contributed by atoms with Gasteiger partial charge in [-0.25, -0.2) is 0 Å². The molecule has 10 heteroatoms. The van der Waals surface area contributed by atoms with E-state index < -0.39 is 25.8 Å². The molecular formula is C18H14N2O7S. The van der Waals surface area contributed by atoms with Crippen LogP contribution in [0.4, 0.5) is 11.4 Å². The van der Waals surface area contributed by atoms with E-state index in [4.69, 9.17) is 0 Å². The Morgan fingerprint density at radius 3 is 2.39 bits per heavy atom. The third-order valence-electron chi connectivity index (χ3n) is 4.16. The number of nitro benzene ring substituents is 1. The number of benzene rings is 3. The molecular weight excluding hydrogens is 388 g/mol. The van der Waals surface area contributed by atoms with Gasteiger partial charge in [0.2, 0.25) is 0 Å². The van der Waals surface area contributed by atoms with Crippen LogP contribution in [0.5, 0.6) is 5.75 Å². The van der Waals surface area contributed by atoms with Crippen molar-refractivity contribution in [3.8, 4) is 5.75 Å². The molecule has 144 valence electrons. The number of carbonyl (C=O) groups is 1. The van der Waals surface area contributed by atoms with Crippen LogP contribution >= 0.6 is 0 Å². The number of fused-ring (bicyclic) bond motifs is 1. The molecule has 0 bridgehead atoms. The molecule has 0 aliphatic heterocycles. The van der Waals surface area contributed by atoms with Crippen LogP contribution < -0.4 is 5.32 Å². The third-order valence-corrected chi connectivity index (χ3v) is 5.01. The molecule has 0 aromatic heterocycles. The summed E-state index contributed by atoms with van der Waals surface area (Å²) in [5.74, 6) is -0.968. The molecule has 9 nitrogen and oxygen atoms in total. The molecule has 0 spiro atoms. The molecule has 28 heavy (non-hydrogen) atoms. The molecule has 0 saturated carbocycles. The Kier molecular flexibility index (Phi) is 4.75. The molecule has 0 aliphatic rings. The molecule has 0 aliphatic carbocycles. The van der Waals surface area contributed by atoms with Crippen LogP contribution in [0.2, 0.25) is 0 Å². The van der Waals surface area contributed by atoms with Gasteiger partial charge in [-0.1, -0.05) is 12.1 Å². The van der Waals surface area contributed by atoms with Crippen molar-refractivity contribution in [3.05, 3.63) is 69.8 Å². The highest BCUT2D eigenvalue weighted by molar-refractivity contribution is 7.85. The first-order valence-corrected chi connectivity index (χ1v) is 9.31. The zero-order chi connectivity index (χ0) is 20.6. The van der Waals surface area contributed by atoms with Gasteiger partial charge in [-0.2, -0.15) is 8.42 Å². The number of nitrogens with zero attached hydrogens (tertiary/aromatic N) is 1. The maximum Gasteiger partial charge on any atom is 0.294 e. The van der Waals surface area contributed by atoms with Crippen molar-refractivity contribution in [3.63, 3.8) is 0 Å². The van der Waals surface area contributed by atoms with E-state index in [2.05, 4.69) is 5.32 Å². The van der Waals surface area contributed by atoms with Crippen molar-refractivity contribution in [2.24, 2.45) is 0 Å². The van der Waals surface area contributed by atoms with E-state index >= 15 is 0 Å². The minimum Gasteiger partial charge on any atom is -0.506 e. The Morgan fingerprint density at radius 2 is 1.79 bits per heavy atom. The van der Waals surface area contributed by atoms with Crippen molar-refractivity contribution < 1.29 is 27.8 Å². The first-order chi connectivity index (χ1) is 13.1. The molecule has 3 aromatic carbocycles. The summed E-state index contributed by atoms with van der Waals surface area (Å²) in [4.78, 5) is 22.5. The van der Waals surface area contributed by atoms with Gasteiger partial charge in [0.05, 0.1) is 15.5 Å². The maximum atomic E-state index is 12.6. The highest BCUT2D eigenvalue weighted by Gasteiger charge is 2.18. The van der Waals surface area contributed by atoms with Crippen molar-refractivity contribution in [1.29, 1.82) is 0 Å². The quantitative estimate of drug-likeness (QED) is 0.263. The number of anilines is 1. The van der Waals surface area contributed by atoms with Gasteiger partial charge < -0.3 is 10.4 Å². The Labute approximate surface area is 159 Å². The number of aryl methyl sites for hydroxylation is 1. The minimum absolute atomic E-state index is 0.0518. The fraction of sp³-hybridized carbons (Fsp3) is 0.0556. The number of nitro groups is 1. The number of aromatic hydroxyl groups is 1. The second kappa shape index (κ2) is 6.91. The van der Waals surface area contributed by atoms with Gasteiger partial charge >= 0.3 is 0 Å². The Hall–Kier alpha value is -3.50. The van der Waals surface area contributed by atoms with Crippen molar-refractivity contribution in [2.75, 3.05) is 5.32 Å². The summed E-state index contributed by atoms with van der Waals surface area (Å²) >= 11 is 0. The van der Waals surface area contributed by atoms with Crippen molar-refractivity contribution >= 4 is 38.2 Å². The Balaban J connectivity index is 2.06. The second-order valence-corrected chi connectivity index (χ2v) is 7.45. The minimum atomic E-state index is -4.48. The Morgan fingerprint density at radius 1 is 1.11 bits per heavy atom. The van der Waals surface area contributed by atoms with Crippen molar-refractivity contribution in [2.45, 2.75) is 11.8 Å². The van der Waals surface area contributed by atoms with E-state index in [9.17, 15) is 33.0 Å². The monoisotopic (exact) mass is 402 g/mol. The normalized spacial score (nSPS) is 11.4. The highest BCUT2D eigenvalue weighted by Crippen LogP contribution is 2.34. The van der Waals surface area contributed by atoms with Gasteiger partial charge in [-0.15, -0.1) is 0 Å². The zero-order valence-electron chi connectivity index (χ0n) is 14.4. The lowest BCUT2D eigenvalue weighted by Crippen LogP contribution is -2.13. The van der Waals surface area contributed by atoms with Gasteiger partial charge in [0.25, 0.3) is 21.7 Å². The number of nitrogens with one attached hydrogen (secondary N) is 1. The average Bonchev–Trinajstić information content (AvgIpc) is 2.62. The first kappa shape index (κ1) is 19.3.